The molecule has 0 unspecified atom stereocenters. The highest BCUT2D eigenvalue weighted by atomic mass is 32.1. The number of rotatable bonds is 6. The summed E-state index contributed by atoms with van der Waals surface area (Å²) in [5, 5.41) is 3.35. The molecule has 0 bridgehead atoms. The van der Waals surface area contributed by atoms with Gasteiger partial charge in [0.05, 0.1) is 7.11 Å². The molecule has 2 rings (SSSR count). The van der Waals surface area contributed by atoms with Crippen LogP contribution < -0.4 is 14.8 Å². The molecule has 0 saturated carbocycles. The molecule has 0 aliphatic rings. The first-order valence-corrected chi connectivity index (χ1v) is 8.11. The zero-order valence-corrected chi connectivity index (χ0v) is 15.4. The highest BCUT2D eigenvalue weighted by Crippen LogP contribution is 2.29. The summed E-state index contributed by atoms with van der Waals surface area (Å²) in [7, 11) is 3.13. The predicted octanol–water partition coefficient (Wildman–Crippen LogP) is 4.57. The zero-order chi connectivity index (χ0) is 19.3. The lowest BCUT2D eigenvalue weighted by Crippen LogP contribution is -2.30. The van der Waals surface area contributed by atoms with Gasteiger partial charge in [-0.25, -0.2) is 4.39 Å². The molecule has 0 aromatic heterocycles. The van der Waals surface area contributed by atoms with Crippen LogP contribution in [0.3, 0.4) is 0 Å². The summed E-state index contributed by atoms with van der Waals surface area (Å²) in [5.74, 6) is -0.153. The van der Waals surface area contributed by atoms with Gasteiger partial charge in [0.15, 0.2) is 16.6 Å². The molecular weight excluding hydrogens is 365 g/mol. The highest BCUT2D eigenvalue weighted by Gasteiger charge is 2.13. The van der Waals surface area contributed by atoms with Crippen LogP contribution in [-0.2, 0) is 6.54 Å². The van der Waals surface area contributed by atoms with Crippen LogP contribution in [0.2, 0.25) is 0 Å². The summed E-state index contributed by atoms with van der Waals surface area (Å²) >= 11 is 5.32. The van der Waals surface area contributed by atoms with Crippen LogP contribution in [0.15, 0.2) is 36.4 Å². The van der Waals surface area contributed by atoms with E-state index >= 15 is 0 Å². The predicted molar refractivity (Wildman–Crippen MR) is 98.5 cm³/mol. The second-order valence-electron chi connectivity index (χ2n) is 5.61. The lowest BCUT2D eigenvalue weighted by atomic mass is 10.2. The Bertz CT molecular complexity index is 787. The van der Waals surface area contributed by atoms with Crippen molar-refractivity contribution in [2.75, 3.05) is 19.5 Å². The molecule has 1 N–H and O–H groups in total. The Kier molecular flexibility index (Phi) is 6.68. The molecule has 4 nitrogen and oxygen atoms in total. The van der Waals surface area contributed by atoms with Gasteiger partial charge in [-0.1, -0.05) is 12.1 Å². The van der Waals surface area contributed by atoms with Gasteiger partial charge in [0.1, 0.15) is 5.82 Å². The molecule has 0 aliphatic heterocycles. The molecule has 0 saturated heterocycles. The quantitative estimate of drug-likeness (QED) is 0.738. The van der Waals surface area contributed by atoms with Gasteiger partial charge in [0.2, 0.25) is 0 Å². The second-order valence-corrected chi connectivity index (χ2v) is 6.00. The number of anilines is 1. The molecule has 0 spiro atoms. The molecule has 8 heteroatoms. The average molecular weight is 384 g/mol. The van der Waals surface area contributed by atoms with E-state index in [0.29, 0.717) is 22.9 Å². The molecule has 2 aromatic carbocycles. The monoisotopic (exact) mass is 384 g/mol. The third kappa shape index (κ3) is 5.26. The first kappa shape index (κ1) is 19.8. The van der Waals surface area contributed by atoms with Gasteiger partial charge in [-0.2, -0.15) is 8.78 Å². The third-order valence-corrected chi connectivity index (χ3v) is 4.05. The lowest BCUT2D eigenvalue weighted by molar-refractivity contribution is -0.0512. The third-order valence-electron chi connectivity index (χ3n) is 3.63. The van der Waals surface area contributed by atoms with Gasteiger partial charge in [-0.15, -0.1) is 0 Å². The van der Waals surface area contributed by atoms with Crippen LogP contribution in [0.5, 0.6) is 11.5 Å². The smallest absolute Gasteiger partial charge is 0.387 e. The number of methoxy groups -OCH3 is 1. The van der Waals surface area contributed by atoms with E-state index in [1.807, 2.05) is 0 Å². The first-order chi connectivity index (χ1) is 12.3. The first-order valence-electron chi connectivity index (χ1n) is 7.70. The highest BCUT2D eigenvalue weighted by molar-refractivity contribution is 7.80. The molecule has 0 amide bonds. The molecule has 0 radical (unpaired) electrons. The molecule has 2 aromatic rings. The number of thiocarbonyl (C=S) groups is 1. The van der Waals surface area contributed by atoms with Crippen molar-refractivity contribution in [1.82, 2.24) is 4.90 Å². The van der Waals surface area contributed by atoms with E-state index in [2.05, 4.69) is 10.1 Å². The fourth-order valence-corrected chi connectivity index (χ4v) is 2.42. The minimum Gasteiger partial charge on any atom is -0.493 e. The Morgan fingerprint density at radius 2 is 1.92 bits per heavy atom. The van der Waals surface area contributed by atoms with Crippen molar-refractivity contribution in [3.8, 4) is 11.5 Å². The largest absolute Gasteiger partial charge is 0.493 e. The van der Waals surface area contributed by atoms with E-state index in [0.717, 1.165) is 5.56 Å². The summed E-state index contributed by atoms with van der Waals surface area (Å²) in [6.07, 6.45) is 0. The van der Waals surface area contributed by atoms with Crippen molar-refractivity contribution >= 4 is 23.0 Å². The van der Waals surface area contributed by atoms with Gasteiger partial charge in [0, 0.05) is 19.3 Å². The number of nitrogens with one attached hydrogen (secondary N) is 1. The number of halogens is 3. The minimum atomic E-state index is -2.93. The number of aryl methyl sites for hydroxylation is 1. The molecule has 26 heavy (non-hydrogen) atoms. The van der Waals surface area contributed by atoms with Gasteiger partial charge in [0.25, 0.3) is 0 Å². The second kappa shape index (κ2) is 8.75. The van der Waals surface area contributed by atoms with Crippen LogP contribution in [0.1, 0.15) is 11.1 Å². The van der Waals surface area contributed by atoms with E-state index < -0.39 is 6.61 Å². The fourth-order valence-electron chi connectivity index (χ4n) is 2.24. The van der Waals surface area contributed by atoms with Crippen molar-refractivity contribution in [1.29, 1.82) is 0 Å². The Labute approximate surface area is 155 Å². The van der Waals surface area contributed by atoms with E-state index in [9.17, 15) is 13.2 Å². The van der Waals surface area contributed by atoms with Crippen molar-refractivity contribution in [2.24, 2.45) is 0 Å². The molecular formula is C18H19F3N2O2S. The number of alkyl halides is 2. The summed E-state index contributed by atoms with van der Waals surface area (Å²) in [5.41, 5.74) is 1.88. The van der Waals surface area contributed by atoms with Crippen LogP contribution >= 0.6 is 12.2 Å². The summed E-state index contributed by atoms with van der Waals surface area (Å²) in [6.45, 7) is -0.853. The van der Waals surface area contributed by atoms with Gasteiger partial charge in [-0.05, 0) is 54.5 Å². The number of hydrogen-bond donors (Lipinski definition) is 1. The Hall–Kier alpha value is -2.48. The van der Waals surface area contributed by atoms with E-state index in [1.54, 1.807) is 43.1 Å². The maximum atomic E-state index is 13.6. The maximum Gasteiger partial charge on any atom is 0.387 e. The SMILES string of the molecule is COc1cc(CN(C)C(=S)Nc2ccc(C)c(F)c2)ccc1OC(F)F. The molecule has 140 valence electrons. The Morgan fingerprint density at radius 1 is 1.19 bits per heavy atom. The summed E-state index contributed by atoms with van der Waals surface area (Å²) in [4.78, 5) is 1.73. The zero-order valence-electron chi connectivity index (χ0n) is 14.6. The fraction of sp³-hybridized carbons (Fsp3) is 0.278. The topological polar surface area (TPSA) is 33.7 Å². The van der Waals surface area contributed by atoms with Crippen molar-refractivity contribution in [2.45, 2.75) is 20.1 Å². The standard InChI is InChI=1S/C18H19F3N2O2S/c1-11-4-6-13(9-14(11)19)22-18(26)23(2)10-12-5-7-15(25-17(20)21)16(8-12)24-3/h4-9,17H,10H2,1-3H3,(H,22,26). The summed E-state index contributed by atoms with van der Waals surface area (Å²) < 4.78 is 47.8. The van der Waals surface area contributed by atoms with Gasteiger partial charge >= 0.3 is 6.61 Å². The van der Waals surface area contributed by atoms with Gasteiger partial charge < -0.3 is 19.7 Å². The van der Waals surface area contributed by atoms with Crippen LogP contribution in [0.4, 0.5) is 18.9 Å². The minimum absolute atomic E-state index is 0.0373. The average Bonchev–Trinajstić information content (AvgIpc) is 2.59. The molecule has 0 heterocycles. The van der Waals surface area contributed by atoms with E-state index in [-0.39, 0.29) is 17.3 Å². The Morgan fingerprint density at radius 3 is 2.54 bits per heavy atom. The maximum absolute atomic E-state index is 13.6. The summed E-state index contributed by atoms with van der Waals surface area (Å²) in [6, 6.07) is 9.42. The van der Waals surface area contributed by atoms with Crippen LogP contribution in [0.25, 0.3) is 0 Å². The van der Waals surface area contributed by atoms with Gasteiger partial charge in [-0.3, -0.25) is 0 Å². The molecule has 0 atom stereocenters. The van der Waals surface area contributed by atoms with Crippen LogP contribution in [0, 0.1) is 12.7 Å². The van der Waals surface area contributed by atoms with Crippen molar-refractivity contribution < 1.29 is 22.6 Å². The Balaban J connectivity index is 2.04. The number of benzene rings is 2. The molecule has 0 aliphatic carbocycles. The normalized spacial score (nSPS) is 10.6. The van der Waals surface area contributed by atoms with Crippen molar-refractivity contribution in [3.63, 3.8) is 0 Å². The van der Waals surface area contributed by atoms with Crippen LogP contribution in [-0.4, -0.2) is 30.8 Å². The molecule has 0 fully saturated rings. The lowest BCUT2D eigenvalue weighted by Gasteiger charge is -2.22. The van der Waals surface area contributed by atoms with Crippen molar-refractivity contribution in [3.05, 3.63) is 53.3 Å². The number of hydrogen-bond acceptors (Lipinski definition) is 3. The number of nitrogens with zero attached hydrogens (tertiary/aromatic N) is 1. The number of ether oxygens (including phenoxy) is 2. The van der Waals surface area contributed by atoms with E-state index in [4.69, 9.17) is 17.0 Å². The van der Waals surface area contributed by atoms with E-state index in [1.165, 1.54) is 19.2 Å².